The van der Waals surface area contributed by atoms with E-state index in [0.29, 0.717) is 6.61 Å². The van der Waals surface area contributed by atoms with Gasteiger partial charge in [0.15, 0.2) is 0 Å². The fourth-order valence-corrected chi connectivity index (χ4v) is 6.95. The van der Waals surface area contributed by atoms with E-state index in [0.717, 1.165) is 23.7 Å². The average molecular weight is 375 g/mol. The second-order valence-corrected chi connectivity index (χ2v) is 11.2. The number of oxime groups is 1. The second kappa shape index (κ2) is 9.28. The Morgan fingerprint density at radius 2 is 1.56 bits per heavy atom. The topological polar surface area (TPSA) is 34.5 Å². The molecule has 0 unspecified atom stereocenters. The van der Waals surface area contributed by atoms with E-state index in [1.807, 2.05) is 19.1 Å². The molecule has 4 heteroatoms. The molecule has 0 radical (unpaired) electrons. The Hall–Kier alpha value is -2.72. The van der Waals surface area contributed by atoms with Gasteiger partial charge in [0.2, 0.25) is 0 Å². The highest BCUT2D eigenvalue weighted by Gasteiger charge is 2.30. The maximum absolute atomic E-state index is 5.60. The molecule has 138 valence electrons. The minimum atomic E-state index is -1.78. The number of hydrogen-bond donors (Lipinski definition) is 0. The predicted molar refractivity (Wildman–Crippen MR) is 116 cm³/mol. The first-order chi connectivity index (χ1) is 13.2. The second-order valence-electron chi connectivity index (χ2n) is 6.92. The molecule has 0 saturated carbocycles. The van der Waals surface area contributed by atoms with Crippen molar-refractivity contribution in [1.29, 1.82) is 0 Å². The summed E-state index contributed by atoms with van der Waals surface area (Å²) in [6.07, 6.45) is 4.55. The van der Waals surface area contributed by atoms with Crippen molar-refractivity contribution >= 4 is 24.2 Å². The zero-order valence-electron chi connectivity index (χ0n) is 16.0. The fourth-order valence-electron chi connectivity index (χ4n) is 3.33. The average Bonchev–Trinajstić information content (AvgIpc) is 2.75. The van der Waals surface area contributed by atoms with Gasteiger partial charge in [-0.2, -0.15) is 0 Å². The predicted octanol–water partition coefficient (Wildman–Crippen LogP) is 4.11. The van der Waals surface area contributed by atoms with Crippen LogP contribution in [0.4, 0.5) is 0 Å². The molecule has 1 aromatic heterocycles. The molecule has 0 aliphatic rings. The summed E-state index contributed by atoms with van der Waals surface area (Å²) in [6.45, 7) is 5.02. The van der Waals surface area contributed by atoms with Gasteiger partial charge in [0, 0.05) is 18.0 Å². The maximum atomic E-state index is 5.60. The minimum Gasteiger partial charge on any atom is -0.396 e. The Kier molecular flexibility index (Phi) is 6.55. The molecule has 0 aliphatic carbocycles. The van der Waals surface area contributed by atoms with Gasteiger partial charge in [-0.15, -0.1) is 0 Å². The van der Waals surface area contributed by atoms with Gasteiger partial charge >= 0.3 is 0 Å². The lowest BCUT2D eigenvalue weighted by Gasteiger charge is -2.28. The standard InChI is InChI=1S/C23H26N2OSi/c1-20(21-11-9-16-24-19-21)25-26-17-10-18-27(2,22-12-5-3-6-13-22)23-14-7-4-8-15-23/h3-9,11-16,19H,10,17-18H2,1-2H3/b25-20+. The summed E-state index contributed by atoms with van der Waals surface area (Å²) in [4.78, 5) is 9.72. The van der Waals surface area contributed by atoms with Crippen molar-refractivity contribution in [2.45, 2.75) is 25.9 Å². The zero-order chi connectivity index (χ0) is 19.0. The van der Waals surface area contributed by atoms with Crippen molar-refractivity contribution in [3.05, 3.63) is 90.8 Å². The summed E-state index contributed by atoms with van der Waals surface area (Å²) < 4.78 is 0. The van der Waals surface area contributed by atoms with Gasteiger partial charge in [0.1, 0.15) is 14.7 Å². The summed E-state index contributed by atoms with van der Waals surface area (Å²) in [6, 6.07) is 26.8. The molecule has 0 saturated heterocycles. The molecular formula is C23H26N2OSi. The van der Waals surface area contributed by atoms with E-state index in [-0.39, 0.29) is 0 Å². The van der Waals surface area contributed by atoms with Crippen LogP contribution in [-0.2, 0) is 4.84 Å². The molecule has 0 N–H and O–H groups in total. The highest BCUT2D eigenvalue weighted by molar-refractivity contribution is 7.01. The highest BCUT2D eigenvalue weighted by atomic mass is 28.3. The van der Waals surface area contributed by atoms with E-state index in [1.165, 1.54) is 10.4 Å². The number of nitrogens with zero attached hydrogens (tertiary/aromatic N) is 2. The van der Waals surface area contributed by atoms with Crippen molar-refractivity contribution in [2.75, 3.05) is 6.61 Å². The smallest absolute Gasteiger partial charge is 0.116 e. The number of rotatable bonds is 8. The monoisotopic (exact) mass is 374 g/mol. The molecule has 1 heterocycles. The summed E-state index contributed by atoms with van der Waals surface area (Å²) in [5.74, 6) is 0. The van der Waals surface area contributed by atoms with Gasteiger partial charge in [-0.1, -0.05) is 82.7 Å². The molecule has 0 spiro atoms. The SMILES string of the molecule is C/C(=N\OCCC[Si](C)(c1ccccc1)c1ccccc1)c1cccnc1. The van der Waals surface area contributed by atoms with Gasteiger partial charge in [0.25, 0.3) is 0 Å². The van der Waals surface area contributed by atoms with Crippen molar-refractivity contribution < 1.29 is 4.84 Å². The van der Waals surface area contributed by atoms with Crippen LogP contribution < -0.4 is 10.4 Å². The molecule has 0 bridgehead atoms. The van der Waals surface area contributed by atoms with E-state index < -0.39 is 8.07 Å². The van der Waals surface area contributed by atoms with E-state index in [2.05, 4.69) is 77.4 Å². The summed E-state index contributed by atoms with van der Waals surface area (Å²) >= 11 is 0. The maximum Gasteiger partial charge on any atom is 0.116 e. The highest BCUT2D eigenvalue weighted by Crippen LogP contribution is 2.14. The van der Waals surface area contributed by atoms with Crippen molar-refractivity contribution in [3.63, 3.8) is 0 Å². The molecule has 0 atom stereocenters. The van der Waals surface area contributed by atoms with Gasteiger partial charge in [-0.25, -0.2) is 0 Å². The summed E-state index contributed by atoms with van der Waals surface area (Å²) in [5, 5.41) is 7.18. The van der Waals surface area contributed by atoms with Crippen LogP contribution in [0.25, 0.3) is 0 Å². The van der Waals surface area contributed by atoms with Crippen LogP contribution in [0.2, 0.25) is 12.6 Å². The van der Waals surface area contributed by atoms with Crippen LogP contribution in [0.5, 0.6) is 0 Å². The molecular weight excluding hydrogens is 348 g/mol. The number of hydrogen-bond acceptors (Lipinski definition) is 3. The van der Waals surface area contributed by atoms with Gasteiger partial charge < -0.3 is 4.84 Å². The van der Waals surface area contributed by atoms with Crippen molar-refractivity contribution in [1.82, 2.24) is 4.98 Å². The zero-order valence-corrected chi connectivity index (χ0v) is 17.0. The van der Waals surface area contributed by atoms with Crippen LogP contribution in [-0.4, -0.2) is 25.4 Å². The molecule has 0 amide bonds. The van der Waals surface area contributed by atoms with E-state index in [9.17, 15) is 0 Å². The lowest BCUT2D eigenvalue weighted by atomic mass is 10.2. The molecule has 3 rings (SSSR count). The normalized spacial score (nSPS) is 12.0. The third kappa shape index (κ3) is 4.92. The number of aromatic nitrogens is 1. The third-order valence-electron chi connectivity index (χ3n) is 5.02. The summed E-state index contributed by atoms with van der Waals surface area (Å²) in [7, 11) is -1.78. The lowest BCUT2D eigenvalue weighted by Crippen LogP contribution is -2.55. The molecule has 2 aromatic carbocycles. The Labute approximate surface area is 162 Å². The molecule has 0 fully saturated rings. The fraction of sp³-hybridized carbons (Fsp3) is 0.217. The largest absolute Gasteiger partial charge is 0.396 e. The molecule has 3 aromatic rings. The Bertz CT molecular complexity index is 812. The Morgan fingerprint density at radius 3 is 2.11 bits per heavy atom. The minimum absolute atomic E-state index is 0.625. The molecule has 3 nitrogen and oxygen atoms in total. The van der Waals surface area contributed by atoms with Crippen molar-refractivity contribution in [2.24, 2.45) is 5.16 Å². The lowest BCUT2D eigenvalue weighted by molar-refractivity contribution is 0.145. The van der Waals surface area contributed by atoms with Crippen LogP contribution in [0.3, 0.4) is 0 Å². The van der Waals surface area contributed by atoms with Crippen LogP contribution in [0.15, 0.2) is 90.3 Å². The van der Waals surface area contributed by atoms with Gasteiger partial charge in [-0.3, -0.25) is 4.98 Å². The van der Waals surface area contributed by atoms with Crippen molar-refractivity contribution in [3.8, 4) is 0 Å². The number of benzene rings is 2. The number of pyridine rings is 1. The van der Waals surface area contributed by atoms with E-state index >= 15 is 0 Å². The quantitative estimate of drug-likeness (QED) is 0.257. The van der Waals surface area contributed by atoms with Crippen LogP contribution >= 0.6 is 0 Å². The van der Waals surface area contributed by atoms with Crippen LogP contribution in [0.1, 0.15) is 18.9 Å². The summed E-state index contributed by atoms with van der Waals surface area (Å²) in [5.41, 5.74) is 1.85. The van der Waals surface area contributed by atoms with E-state index in [1.54, 1.807) is 12.4 Å². The van der Waals surface area contributed by atoms with E-state index in [4.69, 9.17) is 4.84 Å². The first-order valence-corrected chi connectivity index (χ1v) is 12.1. The molecule has 0 aliphatic heterocycles. The first kappa shape index (κ1) is 19.0. The molecule has 27 heavy (non-hydrogen) atoms. The van der Waals surface area contributed by atoms with Gasteiger partial charge in [-0.05, 0) is 31.5 Å². The first-order valence-electron chi connectivity index (χ1n) is 9.38. The Morgan fingerprint density at radius 1 is 0.926 bits per heavy atom. The van der Waals surface area contributed by atoms with Crippen LogP contribution in [0, 0.1) is 0 Å². The third-order valence-corrected chi connectivity index (χ3v) is 9.58. The Balaban J connectivity index is 1.64. The van der Waals surface area contributed by atoms with Gasteiger partial charge in [0.05, 0.1) is 5.71 Å².